The smallest absolute Gasteiger partial charge is 0.293 e. The van der Waals surface area contributed by atoms with E-state index in [1.54, 1.807) is 6.07 Å². The third-order valence-corrected chi connectivity index (χ3v) is 5.49. The summed E-state index contributed by atoms with van der Waals surface area (Å²) in [6, 6.07) is 15.5. The number of halogens is 1. The molecular formula is C22H17BrN6O2. The van der Waals surface area contributed by atoms with Gasteiger partial charge in [-0.1, -0.05) is 50.9 Å². The Kier molecular flexibility index (Phi) is 4.74. The largest absolute Gasteiger partial charge is 0.337 e. The number of fused-ring (bicyclic) bond motifs is 1. The van der Waals surface area contributed by atoms with Crippen molar-refractivity contribution in [3.05, 3.63) is 86.7 Å². The summed E-state index contributed by atoms with van der Waals surface area (Å²) >= 11 is 3.43. The molecule has 2 aromatic carbocycles. The fourth-order valence-electron chi connectivity index (χ4n) is 3.39. The highest BCUT2D eigenvalue weighted by Crippen LogP contribution is 2.24. The number of aryl methyl sites for hydroxylation is 2. The lowest BCUT2D eigenvalue weighted by Gasteiger charge is -2.03. The van der Waals surface area contributed by atoms with Crippen molar-refractivity contribution in [2.75, 3.05) is 0 Å². The van der Waals surface area contributed by atoms with Gasteiger partial charge in [-0.15, -0.1) is 0 Å². The molecule has 0 fully saturated rings. The predicted octanol–water partition coefficient (Wildman–Crippen LogP) is 4.04. The van der Waals surface area contributed by atoms with E-state index in [2.05, 4.69) is 48.4 Å². The van der Waals surface area contributed by atoms with Gasteiger partial charge in [0, 0.05) is 15.6 Å². The molecule has 0 saturated carbocycles. The first-order chi connectivity index (χ1) is 15.0. The van der Waals surface area contributed by atoms with E-state index in [4.69, 9.17) is 4.52 Å². The molecule has 0 unspecified atom stereocenters. The Labute approximate surface area is 185 Å². The van der Waals surface area contributed by atoms with Crippen molar-refractivity contribution >= 4 is 21.4 Å². The van der Waals surface area contributed by atoms with Crippen molar-refractivity contribution in [1.29, 1.82) is 0 Å². The molecule has 0 aliphatic carbocycles. The van der Waals surface area contributed by atoms with E-state index in [9.17, 15) is 4.79 Å². The van der Waals surface area contributed by atoms with E-state index >= 15 is 0 Å². The number of aromatic nitrogens is 6. The number of nitrogens with zero attached hydrogens (tertiary/aromatic N) is 6. The molecular weight excluding hydrogens is 460 g/mol. The molecule has 3 heterocycles. The molecule has 0 aliphatic heterocycles. The minimum atomic E-state index is -0.284. The van der Waals surface area contributed by atoms with E-state index in [-0.39, 0.29) is 12.1 Å². The molecule has 0 atom stereocenters. The fourth-order valence-corrected chi connectivity index (χ4v) is 3.79. The molecule has 154 valence electrons. The molecule has 0 saturated heterocycles. The zero-order valence-electron chi connectivity index (χ0n) is 16.8. The Bertz CT molecular complexity index is 1480. The lowest BCUT2D eigenvalue weighted by Crippen LogP contribution is -2.25. The summed E-state index contributed by atoms with van der Waals surface area (Å²) < 4.78 is 9.04. The zero-order chi connectivity index (χ0) is 21.5. The molecule has 0 radical (unpaired) electrons. The van der Waals surface area contributed by atoms with Crippen LogP contribution < -0.4 is 5.56 Å². The van der Waals surface area contributed by atoms with Gasteiger partial charge < -0.3 is 4.52 Å². The lowest BCUT2D eigenvalue weighted by molar-refractivity contribution is 0.362. The summed E-state index contributed by atoms with van der Waals surface area (Å²) in [5, 5.41) is 12.8. The lowest BCUT2D eigenvalue weighted by atomic mass is 10.0. The number of rotatable bonds is 4. The summed E-state index contributed by atoms with van der Waals surface area (Å²) in [7, 11) is 0. The molecule has 0 bridgehead atoms. The molecule has 0 aliphatic rings. The standard InChI is InChI=1S/C22H17BrN6O2/c1-13-6-7-14(2)17(8-13)18-10-19-22(30)28(24-12-29(19)26-18)11-20-25-21(27-31-20)15-4-3-5-16(23)9-15/h3-10,12H,11H2,1-2H3. The van der Waals surface area contributed by atoms with Crippen molar-refractivity contribution in [2.24, 2.45) is 0 Å². The minimum absolute atomic E-state index is 0.0698. The van der Waals surface area contributed by atoms with Gasteiger partial charge in [-0.25, -0.2) is 9.20 Å². The summed E-state index contributed by atoms with van der Waals surface area (Å²) in [6.07, 6.45) is 1.51. The van der Waals surface area contributed by atoms with Gasteiger partial charge in [-0.05, 0) is 43.7 Å². The van der Waals surface area contributed by atoms with Gasteiger partial charge in [-0.3, -0.25) is 4.79 Å². The van der Waals surface area contributed by atoms with Crippen molar-refractivity contribution < 1.29 is 4.52 Å². The van der Waals surface area contributed by atoms with Gasteiger partial charge >= 0.3 is 0 Å². The normalized spacial score (nSPS) is 11.3. The van der Waals surface area contributed by atoms with Gasteiger partial charge in [0.15, 0.2) is 0 Å². The van der Waals surface area contributed by atoms with Crippen LogP contribution in [0.5, 0.6) is 0 Å². The van der Waals surface area contributed by atoms with Crippen LogP contribution in [0.25, 0.3) is 28.2 Å². The quantitative estimate of drug-likeness (QED) is 0.388. The Morgan fingerprint density at radius 1 is 1.10 bits per heavy atom. The SMILES string of the molecule is Cc1ccc(C)c(-c2cc3c(=O)n(Cc4nc(-c5cccc(Br)c5)no4)ncn3n2)c1. The topological polar surface area (TPSA) is 91.1 Å². The van der Waals surface area contributed by atoms with Crippen LogP contribution in [0.15, 0.2) is 68.6 Å². The second kappa shape index (κ2) is 7.59. The maximum Gasteiger partial charge on any atom is 0.293 e. The monoisotopic (exact) mass is 476 g/mol. The summed E-state index contributed by atoms with van der Waals surface area (Å²) in [5.41, 5.74) is 4.90. The summed E-state index contributed by atoms with van der Waals surface area (Å²) in [5.74, 6) is 0.746. The zero-order valence-corrected chi connectivity index (χ0v) is 18.4. The van der Waals surface area contributed by atoms with Gasteiger partial charge in [0.1, 0.15) is 18.4 Å². The van der Waals surface area contributed by atoms with Crippen LogP contribution in [-0.2, 0) is 6.54 Å². The van der Waals surface area contributed by atoms with E-state index in [0.29, 0.717) is 17.2 Å². The molecule has 3 aromatic heterocycles. The first kappa shape index (κ1) is 19.4. The number of benzene rings is 2. The maximum atomic E-state index is 13.0. The summed E-state index contributed by atoms with van der Waals surface area (Å²) in [6.45, 7) is 4.12. The maximum absolute atomic E-state index is 13.0. The molecule has 0 spiro atoms. The Hall–Kier alpha value is -3.59. The second-order valence-corrected chi connectivity index (χ2v) is 8.21. The first-order valence-electron chi connectivity index (χ1n) is 9.59. The molecule has 5 aromatic rings. The predicted molar refractivity (Wildman–Crippen MR) is 119 cm³/mol. The van der Waals surface area contributed by atoms with E-state index < -0.39 is 0 Å². The molecule has 0 N–H and O–H groups in total. The average molecular weight is 477 g/mol. The minimum Gasteiger partial charge on any atom is -0.337 e. The van der Waals surface area contributed by atoms with Crippen LogP contribution in [0.2, 0.25) is 0 Å². The van der Waals surface area contributed by atoms with Crippen molar-refractivity contribution in [3.8, 4) is 22.6 Å². The van der Waals surface area contributed by atoms with E-state index in [1.165, 1.54) is 15.5 Å². The van der Waals surface area contributed by atoms with Gasteiger partial charge in [0.25, 0.3) is 5.56 Å². The fraction of sp³-hybridized carbons (Fsp3) is 0.136. The van der Waals surface area contributed by atoms with Crippen LogP contribution >= 0.6 is 15.9 Å². The molecule has 5 rings (SSSR count). The van der Waals surface area contributed by atoms with Crippen LogP contribution in [0, 0.1) is 13.8 Å². The Morgan fingerprint density at radius 2 is 1.97 bits per heavy atom. The van der Waals surface area contributed by atoms with Crippen LogP contribution in [0.1, 0.15) is 17.0 Å². The van der Waals surface area contributed by atoms with Crippen LogP contribution in [-0.4, -0.2) is 29.5 Å². The van der Waals surface area contributed by atoms with Gasteiger partial charge in [0.2, 0.25) is 11.7 Å². The highest BCUT2D eigenvalue weighted by Gasteiger charge is 2.15. The molecule has 31 heavy (non-hydrogen) atoms. The van der Waals surface area contributed by atoms with Gasteiger partial charge in [0.05, 0.1) is 5.69 Å². The molecule has 8 nitrogen and oxygen atoms in total. The highest BCUT2D eigenvalue weighted by molar-refractivity contribution is 9.10. The van der Waals surface area contributed by atoms with Crippen LogP contribution in [0.3, 0.4) is 0 Å². The molecule has 9 heteroatoms. The van der Waals surface area contributed by atoms with E-state index in [1.807, 2.05) is 44.2 Å². The number of hydrogen-bond donors (Lipinski definition) is 0. The van der Waals surface area contributed by atoms with Crippen LogP contribution in [0.4, 0.5) is 0 Å². The third-order valence-electron chi connectivity index (χ3n) is 4.99. The highest BCUT2D eigenvalue weighted by atomic mass is 79.9. The first-order valence-corrected chi connectivity index (χ1v) is 10.4. The van der Waals surface area contributed by atoms with Crippen molar-refractivity contribution in [1.82, 2.24) is 29.5 Å². The molecule has 0 amide bonds. The Morgan fingerprint density at radius 3 is 2.81 bits per heavy atom. The second-order valence-electron chi connectivity index (χ2n) is 7.29. The number of hydrogen-bond acceptors (Lipinski definition) is 6. The Balaban J connectivity index is 1.48. The van der Waals surface area contributed by atoms with Crippen molar-refractivity contribution in [2.45, 2.75) is 20.4 Å². The van der Waals surface area contributed by atoms with Gasteiger partial charge in [-0.2, -0.15) is 15.2 Å². The van der Waals surface area contributed by atoms with E-state index in [0.717, 1.165) is 32.4 Å². The summed E-state index contributed by atoms with van der Waals surface area (Å²) in [4.78, 5) is 17.4. The average Bonchev–Trinajstić information content (AvgIpc) is 3.39. The van der Waals surface area contributed by atoms with Crippen molar-refractivity contribution in [3.63, 3.8) is 0 Å². The third kappa shape index (κ3) is 3.68.